The average molecular weight is 227 g/mol. The molecule has 0 bridgehead atoms. The Balaban J connectivity index is 2.26. The van der Waals surface area contributed by atoms with E-state index in [-0.39, 0.29) is 0 Å². The van der Waals surface area contributed by atoms with Crippen LogP contribution in [0, 0.1) is 0 Å². The summed E-state index contributed by atoms with van der Waals surface area (Å²) in [5.74, 6) is 0. The SMILES string of the molecule is Brc1ccccc1C1NCCN1. The van der Waals surface area contributed by atoms with Crippen LogP contribution in [0.4, 0.5) is 0 Å². The molecule has 1 fully saturated rings. The van der Waals surface area contributed by atoms with Gasteiger partial charge in [-0.2, -0.15) is 0 Å². The lowest BCUT2D eigenvalue weighted by molar-refractivity contribution is 0.586. The van der Waals surface area contributed by atoms with Crippen molar-refractivity contribution in [2.45, 2.75) is 6.17 Å². The monoisotopic (exact) mass is 226 g/mol. The predicted octanol–water partition coefficient (Wildman–Crippen LogP) is 1.64. The van der Waals surface area contributed by atoms with Crippen molar-refractivity contribution in [1.29, 1.82) is 0 Å². The lowest BCUT2D eigenvalue weighted by Gasteiger charge is -2.12. The van der Waals surface area contributed by atoms with E-state index >= 15 is 0 Å². The normalized spacial score (nSPS) is 18.4. The van der Waals surface area contributed by atoms with Gasteiger partial charge in [0, 0.05) is 17.6 Å². The topological polar surface area (TPSA) is 24.1 Å². The van der Waals surface area contributed by atoms with E-state index < -0.39 is 0 Å². The molecule has 0 saturated carbocycles. The van der Waals surface area contributed by atoms with Crippen molar-refractivity contribution in [3.8, 4) is 0 Å². The van der Waals surface area contributed by atoms with Gasteiger partial charge in [0.25, 0.3) is 0 Å². The molecule has 0 atom stereocenters. The molecule has 3 heteroatoms. The molecule has 64 valence electrons. The first kappa shape index (κ1) is 8.23. The molecular formula is C9H11BrN2. The van der Waals surface area contributed by atoms with Crippen LogP contribution >= 0.6 is 15.9 Å². The first-order chi connectivity index (χ1) is 5.88. The summed E-state index contributed by atoms with van der Waals surface area (Å²) in [7, 11) is 0. The Morgan fingerprint density at radius 2 is 1.83 bits per heavy atom. The summed E-state index contributed by atoms with van der Waals surface area (Å²) >= 11 is 3.53. The van der Waals surface area contributed by atoms with Gasteiger partial charge in [0.15, 0.2) is 0 Å². The second kappa shape index (κ2) is 3.56. The highest BCUT2D eigenvalue weighted by molar-refractivity contribution is 9.10. The van der Waals surface area contributed by atoms with Crippen molar-refractivity contribution in [3.05, 3.63) is 34.3 Å². The highest BCUT2D eigenvalue weighted by atomic mass is 79.9. The molecule has 1 heterocycles. The van der Waals surface area contributed by atoms with E-state index in [4.69, 9.17) is 0 Å². The molecule has 2 N–H and O–H groups in total. The number of rotatable bonds is 1. The molecule has 0 spiro atoms. The van der Waals surface area contributed by atoms with Crippen molar-refractivity contribution >= 4 is 15.9 Å². The molecule has 0 amide bonds. The van der Waals surface area contributed by atoms with Crippen LogP contribution in [0.5, 0.6) is 0 Å². The zero-order valence-corrected chi connectivity index (χ0v) is 8.26. The lowest BCUT2D eigenvalue weighted by Crippen LogP contribution is -2.21. The van der Waals surface area contributed by atoms with Crippen LogP contribution in [0.2, 0.25) is 0 Å². The molecule has 12 heavy (non-hydrogen) atoms. The molecule has 1 saturated heterocycles. The summed E-state index contributed by atoms with van der Waals surface area (Å²) in [6.45, 7) is 2.10. The maximum atomic E-state index is 3.53. The molecule has 1 aromatic carbocycles. The Morgan fingerprint density at radius 1 is 1.17 bits per heavy atom. The van der Waals surface area contributed by atoms with Gasteiger partial charge in [0.2, 0.25) is 0 Å². The second-order valence-corrected chi connectivity index (χ2v) is 3.72. The van der Waals surface area contributed by atoms with E-state index in [1.165, 1.54) is 5.56 Å². The molecule has 0 radical (unpaired) electrons. The van der Waals surface area contributed by atoms with Crippen LogP contribution in [0.25, 0.3) is 0 Å². The summed E-state index contributed by atoms with van der Waals surface area (Å²) in [5, 5.41) is 6.75. The van der Waals surface area contributed by atoms with Crippen molar-refractivity contribution in [1.82, 2.24) is 10.6 Å². The molecule has 1 aromatic rings. The van der Waals surface area contributed by atoms with Gasteiger partial charge in [-0.15, -0.1) is 0 Å². The van der Waals surface area contributed by atoms with Gasteiger partial charge in [-0.25, -0.2) is 0 Å². The van der Waals surface area contributed by atoms with Gasteiger partial charge in [-0.1, -0.05) is 34.1 Å². The van der Waals surface area contributed by atoms with Crippen molar-refractivity contribution in [2.24, 2.45) is 0 Å². The Hall–Kier alpha value is -0.380. The third kappa shape index (κ3) is 1.53. The number of hydrogen-bond acceptors (Lipinski definition) is 2. The van der Waals surface area contributed by atoms with Gasteiger partial charge >= 0.3 is 0 Å². The fourth-order valence-electron chi connectivity index (χ4n) is 1.43. The summed E-state index contributed by atoms with van der Waals surface area (Å²) < 4.78 is 1.16. The zero-order valence-electron chi connectivity index (χ0n) is 6.68. The predicted molar refractivity (Wildman–Crippen MR) is 52.9 cm³/mol. The first-order valence-electron chi connectivity index (χ1n) is 4.09. The summed E-state index contributed by atoms with van der Waals surface area (Å²) in [6, 6.07) is 8.28. The number of hydrogen-bond donors (Lipinski definition) is 2. The number of benzene rings is 1. The van der Waals surface area contributed by atoms with Crippen LogP contribution in [-0.4, -0.2) is 13.1 Å². The van der Waals surface area contributed by atoms with Crippen LogP contribution in [0.1, 0.15) is 11.7 Å². The van der Waals surface area contributed by atoms with Gasteiger partial charge in [0.05, 0.1) is 6.17 Å². The Kier molecular flexibility index (Phi) is 2.44. The fraction of sp³-hybridized carbons (Fsp3) is 0.333. The average Bonchev–Trinajstić information content (AvgIpc) is 2.57. The highest BCUT2D eigenvalue weighted by Crippen LogP contribution is 2.22. The van der Waals surface area contributed by atoms with Crippen LogP contribution in [0.15, 0.2) is 28.7 Å². The van der Waals surface area contributed by atoms with E-state index in [0.717, 1.165) is 17.6 Å². The van der Waals surface area contributed by atoms with Crippen molar-refractivity contribution in [2.75, 3.05) is 13.1 Å². The first-order valence-corrected chi connectivity index (χ1v) is 4.88. The summed E-state index contributed by atoms with van der Waals surface area (Å²) in [4.78, 5) is 0. The van der Waals surface area contributed by atoms with Crippen LogP contribution in [-0.2, 0) is 0 Å². The van der Waals surface area contributed by atoms with E-state index in [2.05, 4.69) is 44.8 Å². The van der Waals surface area contributed by atoms with E-state index in [9.17, 15) is 0 Å². The minimum atomic E-state index is 0.320. The smallest absolute Gasteiger partial charge is 0.0847 e. The summed E-state index contributed by atoms with van der Waals surface area (Å²) in [6.07, 6.45) is 0.320. The van der Waals surface area contributed by atoms with Gasteiger partial charge in [-0.3, -0.25) is 10.6 Å². The number of halogens is 1. The van der Waals surface area contributed by atoms with E-state index in [1.54, 1.807) is 0 Å². The quantitative estimate of drug-likeness (QED) is 0.762. The maximum absolute atomic E-state index is 3.53. The standard InChI is InChI=1S/C9H11BrN2/c10-8-4-2-1-3-7(8)9-11-5-6-12-9/h1-4,9,11-12H,5-6H2. The Labute approximate surface area is 80.5 Å². The molecular weight excluding hydrogens is 216 g/mol. The minimum absolute atomic E-state index is 0.320. The summed E-state index contributed by atoms with van der Waals surface area (Å²) in [5.41, 5.74) is 1.29. The molecule has 1 aliphatic rings. The molecule has 1 aliphatic heterocycles. The highest BCUT2D eigenvalue weighted by Gasteiger charge is 2.16. The number of nitrogens with one attached hydrogen (secondary N) is 2. The lowest BCUT2D eigenvalue weighted by atomic mass is 10.2. The second-order valence-electron chi connectivity index (χ2n) is 2.86. The van der Waals surface area contributed by atoms with Gasteiger partial charge in [-0.05, 0) is 11.6 Å². The largest absolute Gasteiger partial charge is 0.297 e. The molecule has 0 aliphatic carbocycles. The third-order valence-electron chi connectivity index (χ3n) is 2.04. The van der Waals surface area contributed by atoms with Gasteiger partial charge < -0.3 is 0 Å². The van der Waals surface area contributed by atoms with Gasteiger partial charge in [0.1, 0.15) is 0 Å². The Bertz CT molecular complexity index is 269. The van der Waals surface area contributed by atoms with E-state index in [1.807, 2.05) is 6.07 Å². The van der Waals surface area contributed by atoms with Crippen LogP contribution < -0.4 is 10.6 Å². The molecule has 0 unspecified atom stereocenters. The van der Waals surface area contributed by atoms with Crippen molar-refractivity contribution < 1.29 is 0 Å². The Morgan fingerprint density at radius 3 is 2.50 bits per heavy atom. The zero-order chi connectivity index (χ0) is 8.39. The molecule has 2 nitrogen and oxygen atoms in total. The molecule has 0 aromatic heterocycles. The van der Waals surface area contributed by atoms with E-state index in [0.29, 0.717) is 6.17 Å². The fourth-order valence-corrected chi connectivity index (χ4v) is 1.95. The third-order valence-corrected chi connectivity index (χ3v) is 2.76. The minimum Gasteiger partial charge on any atom is -0.297 e. The maximum Gasteiger partial charge on any atom is 0.0847 e. The molecule has 2 rings (SSSR count). The van der Waals surface area contributed by atoms with Crippen LogP contribution in [0.3, 0.4) is 0 Å². The van der Waals surface area contributed by atoms with Crippen molar-refractivity contribution in [3.63, 3.8) is 0 Å².